The lowest BCUT2D eigenvalue weighted by molar-refractivity contribution is -0.109. The van der Waals surface area contributed by atoms with Crippen molar-refractivity contribution in [2.75, 3.05) is 19.0 Å². The molecule has 0 aliphatic heterocycles. The largest absolute Gasteiger partial charge is 0.484 e. The van der Waals surface area contributed by atoms with E-state index in [1.54, 1.807) is 7.05 Å². The van der Waals surface area contributed by atoms with Crippen molar-refractivity contribution in [3.63, 3.8) is 0 Å². The molecule has 15 heavy (non-hydrogen) atoms. The van der Waals surface area contributed by atoms with Crippen molar-refractivity contribution in [2.45, 2.75) is 13.8 Å². The van der Waals surface area contributed by atoms with Gasteiger partial charge in [-0.25, -0.2) is 0 Å². The number of rotatable bonds is 4. The van der Waals surface area contributed by atoms with Crippen molar-refractivity contribution in [1.29, 1.82) is 0 Å². The van der Waals surface area contributed by atoms with Gasteiger partial charge in [-0.15, -0.1) is 0 Å². The van der Waals surface area contributed by atoms with Gasteiger partial charge in [-0.05, 0) is 31.0 Å². The average Bonchev–Trinajstić information content (AvgIpc) is 2.23. The fourth-order valence-corrected chi connectivity index (χ4v) is 1.62. The molecule has 1 aromatic carbocycles. The van der Waals surface area contributed by atoms with Gasteiger partial charge in [-0.1, -0.05) is 11.6 Å². The maximum absolute atomic E-state index is 10.2. The Bertz CT molecular complexity index is 377. The number of halogens is 1. The number of hydrogen-bond donors (Lipinski definition) is 1. The molecule has 0 aromatic heterocycles. The highest BCUT2D eigenvalue weighted by Crippen LogP contribution is 2.35. The van der Waals surface area contributed by atoms with Crippen LogP contribution in [-0.2, 0) is 4.79 Å². The lowest BCUT2D eigenvalue weighted by Crippen LogP contribution is -2.03. The van der Waals surface area contributed by atoms with E-state index in [0.29, 0.717) is 5.75 Å². The van der Waals surface area contributed by atoms with Crippen LogP contribution in [0.15, 0.2) is 6.07 Å². The molecule has 0 atom stereocenters. The number of nitrogens with one attached hydrogen (secondary N) is 1. The van der Waals surface area contributed by atoms with Crippen LogP contribution >= 0.6 is 11.6 Å². The molecule has 0 radical (unpaired) electrons. The van der Waals surface area contributed by atoms with Crippen molar-refractivity contribution in [1.82, 2.24) is 0 Å². The van der Waals surface area contributed by atoms with Crippen molar-refractivity contribution < 1.29 is 9.53 Å². The predicted molar refractivity (Wildman–Crippen MR) is 62.0 cm³/mol. The third-order valence-electron chi connectivity index (χ3n) is 2.20. The van der Waals surface area contributed by atoms with Gasteiger partial charge >= 0.3 is 0 Å². The van der Waals surface area contributed by atoms with E-state index < -0.39 is 0 Å². The minimum absolute atomic E-state index is 0.0508. The van der Waals surface area contributed by atoms with E-state index in [2.05, 4.69) is 5.32 Å². The second-order valence-electron chi connectivity index (χ2n) is 3.23. The molecule has 0 saturated heterocycles. The van der Waals surface area contributed by atoms with E-state index >= 15 is 0 Å². The first-order valence-electron chi connectivity index (χ1n) is 4.65. The molecule has 0 spiro atoms. The molecule has 0 aliphatic carbocycles. The normalized spacial score (nSPS) is 9.87. The van der Waals surface area contributed by atoms with E-state index in [1.165, 1.54) is 0 Å². The monoisotopic (exact) mass is 227 g/mol. The Kier molecular flexibility index (Phi) is 3.97. The Labute approximate surface area is 94.4 Å². The zero-order valence-electron chi connectivity index (χ0n) is 9.06. The van der Waals surface area contributed by atoms with Gasteiger partial charge in [-0.2, -0.15) is 0 Å². The summed E-state index contributed by atoms with van der Waals surface area (Å²) < 4.78 is 5.30. The number of carbonyl (C=O) groups is 1. The van der Waals surface area contributed by atoms with Crippen LogP contribution in [0.1, 0.15) is 11.1 Å². The summed E-state index contributed by atoms with van der Waals surface area (Å²) in [4.78, 5) is 10.2. The van der Waals surface area contributed by atoms with Crippen molar-refractivity contribution in [3.05, 3.63) is 22.2 Å². The molecule has 82 valence electrons. The molecule has 3 nitrogen and oxygen atoms in total. The Morgan fingerprint density at radius 1 is 1.53 bits per heavy atom. The molecule has 0 saturated carbocycles. The summed E-state index contributed by atoms with van der Waals surface area (Å²) in [5, 5.41) is 3.74. The molecular weight excluding hydrogens is 214 g/mol. The van der Waals surface area contributed by atoms with Gasteiger partial charge in [0, 0.05) is 12.1 Å². The quantitative estimate of drug-likeness (QED) is 0.804. The van der Waals surface area contributed by atoms with Crippen molar-refractivity contribution in [3.8, 4) is 5.75 Å². The summed E-state index contributed by atoms with van der Waals surface area (Å²) in [7, 11) is 1.79. The fraction of sp³-hybridized carbons (Fsp3) is 0.364. The second kappa shape index (κ2) is 5.03. The summed E-state index contributed by atoms with van der Waals surface area (Å²) in [6, 6.07) is 1.82. The Morgan fingerprint density at radius 2 is 2.20 bits per heavy atom. The van der Waals surface area contributed by atoms with Gasteiger partial charge in [0.25, 0.3) is 0 Å². The Hall–Kier alpha value is -1.22. The van der Waals surface area contributed by atoms with Gasteiger partial charge in [0.15, 0.2) is 6.29 Å². The van der Waals surface area contributed by atoms with Crippen LogP contribution in [0.25, 0.3) is 0 Å². The molecular formula is C11H14ClNO2. The van der Waals surface area contributed by atoms with Gasteiger partial charge in [-0.3, -0.25) is 4.79 Å². The highest BCUT2D eigenvalue weighted by atomic mass is 35.5. The molecule has 0 amide bonds. The van der Waals surface area contributed by atoms with E-state index in [9.17, 15) is 4.79 Å². The summed E-state index contributed by atoms with van der Waals surface area (Å²) in [5.41, 5.74) is 2.70. The molecule has 0 heterocycles. The Balaban J connectivity index is 3.19. The summed E-state index contributed by atoms with van der Waals surface area (Å²) in [6.45, 7) is 3.87. The molecule has 1 aromatic rings. The van der Waals surface area contributed by atoms with Crippen molar-refractivity contribution in [2.24, 2.45) is 0 Å². The maximum Gasteiger partial charge on any atom is 0.157 e. The van der Waals surface area contributed by atoms with Gasteiger partial charge in [0.1, 0.15) is 12.4 Å². The minimum atomic E-state index is 0.0508. The first kappa shape index (κ1) is 11.9. The molecule has 0 unspecified atom stereocenters. The first-order valence-corrected chi connectivity index (χ1v) is 5.03. The van der Waals surface area contributed by atoms with Crippen LogP contribution in [0.2, 0.25) is 5.02 Å². The number of carbonyl (C=O) groups excluding carboxylic acids is 1. The zero-order valence-corrected chi connectivity index (χ0v) is 9.81. The third-order valence-corrected chi connectivity index (χ3v) is 2.78. The standard InChI is InChI=1S/C11H14ClNO2/c1-7-6-9(15-5-4-14)11(13-3)8(2)10(7)12/h4,6,13H,5H2,1-3H3. The third kappa shape index (κ3) is 2.42. The summed E-state index contributed by atoms with van der Waals surface area (Å²) in [5.74, 6) is 0.656. The summed E-state index contributed by atoms with van der Waals surface area (Å²) >= 11 is 6.10. The first-order chi connectivity index (χ1) is 7.11. The molecule has 0 aliphatic rings. The smallest absolute Gasteiger partial charge is 0.157 e. The van der Waals surface area contributed by atoms with E-state index in [-0.39, 0.29) is 6.61 Å². The number of hydrogen-bond acceptors (Lipinski definition) is 3. The minimum Gasteiger partial charge on any atom is -0.484 e. The number of aldehydes is 1. The number of aryl methyl sites for hydroxylation is 1. The predicted octanol–water partition coefficient (Wildman–Crippen LogP) is 2.58. The Morgan fingerprint density at radius 3 is 2.73 bits per heavy atom. The fourth-order valence-electron chi connectivity index (χ4n) is 1.47. The lowest BCUT2D eigenvalue weighted by Gasteiger charge is -2.15. The molecule has 4 heteroatoms. The van der Waals surface area contributed by atoms with E-state index in [1.807, 2.05) is 19.9 Å². The van der Waals surface area contributed by atoms with Crippen LogP contribution in [-0.4, -0.2) is 19.9 Å². The van der Waals surface area contributed by atoms with Crippen molar-refractivity contribution >= 4 is 23.6 Å². The van der Waals surface area contributed by atoms with Crippen LogP contribution in [0.3, 0.4) is 0 Å². The zero-order chi connectivity index (χ0) is 11.4. The SMILES string of the molecule is CNc1c(OCC=O)cc(C)c(Cl)c1C. The number of anilines is 1. The highest BCUT2D eigenvalue weighted by Gasteiger charge is 2.11. The lowest BCUT2D eigenvalue weighted by atomic mass is 10.1. The molecule has 0 fully saturated rings. The maximum atomic E-state index is 10.2. The topological polar surface area (TPSA) is 38.3 Å². The van der Waals surface area contributed by atoms with E-state index in [0.717, 1.165) is 28.1 Å². The van der Waals surface area contributed by atoms with E-state index in [4.69, 9.17) is 16.3 Å². The van der Waals surface area contributed by atoms with Gasteiger partial charge < -0.3 is 10.1 Å². The highest BCUT2D eigenvalue weighted by molar-refractivity contribution is 6.32. The molecule has 1 N–H and O–H groups in total. The second-order valence-corrected chi connectivity index (χ2v) is 3.61. The van der Waals surface area contributed by atoms with Crippen LogP contribution in [0.4, 0.5) is 5.69 Å². The van der Waals surface area contributed by atoms with Gasteiger partial charge in [0.2, 0.25) is 0 Å². The average molecular weight is 228 g/mol. The summed E-state index contributed by atoms with van der Waals surface area (Å²) in [6.07, 6.45) is 0.721. The molecule has 0 bridgehead atoms. The van der Waals surface area contributed by atoms with Gasteiger partial charge in [0.05, 0.1) is 5.69 Å². The van der Waals surface area contributed by atoms with Crippen LogP contribution < -0.4 is 10.1 Å². The molecule has 1 rings (SSSR count). The number of ether oxygens (including phenoxy) is 1. The number of benzene rings is 1. The van der Waals surface area contributed by atoms with Crippen LogP contribution in [0, 0.1) is 13.8 Å². The van der Waals surface area contributed by atoms with Crippen LogP contribution in [0.5, 0.6) is 5.75 Å².